The summed E-state index contributed by atoms with van der Waals surface area (Å²) in [6.07, 6.45) is 0.242. The Morgan fingerprint density at radius 2 is 1.88 bits per heavy atom. The minimum Gasteiger partial charge on any atom is -0.308 e. The van der Waals surface area contributed by atoms with E-state index in [-0.39, 0.29) is 35.9 Å². The predicted octanol–water partition coefficient (Wildman–Crippen LogP) is 3.15. The Balaban J connectivity index is 2.35. The fraction of sp³-hybridized carbons (Fsp3) is 0.263. The molecule has 5 nitrogen and oxygen atoms in total. The summed E-state index contributed by atoms with van der Waals surface area (Å²) in [6, 6.07) is 9.46. The van der Waals surface area contributed by atoms with Gasteiger partial charge in [0.15, 0.2) is 0 Å². The molecule has 2 amide bonds. The van der Waals surface area contributed by atoms with Crippen LogP contribution in [0.1, 0.15) is 36.2 Å². The molecule has 0 aliphatic carbocycles. The zero-order valence-electron chi connectivity index (χ0n) is 14.6. The van der Waals surface area contributed by atoms with Crippen LogP contribution in [0.5, 0.6) is 0 Å². The number of amides is 2. The lowest BCUT2D eigenvalue weighted by molar-refractivity contribution is -0.119. The van der Waals surface area contributed by atoms with Gasteiger partial charge < -0.3 is 4.90 Å². The van der Waals surface area contributed by atoms with Crippen LogP contribution in [0.3, 0.4) is 0 Å². The van der Waals surface area contributed by atoms with E-state index in [0.29, 0.717) is 5.69 Å². The Morgan fingerprint density at radius 3 is 2.46 bits per heavy atom. The van der Waals surface area contributed by atoms with Gasteiger partial charge in [-0.05, 0) is 36.2 Å². The van der Waals surface area contributed by atoms with Crippen molar-refractivity contribution in [3.63, 3.8) is 0 Å². The molecule has 0 atom stereocenters. The van der Waals surface area contributed by atoms with Crippen LogP contribution in [-0.2, 0) is 11.3 Å². The number of rotatable bonds is 6. The molecule has 0 saturated heterocycles. The van der Waals surface area contributed by atoms with E-state index >= 15 is 0 Å². The van der Waals surface area contributed by atoms with Crippen LogP contribution in [0.15, 0.2) is 42.5 Å². The van der Waals surface area contributed by atoms with E-state index in [1.54, 1.807) is 6.07 Å². The lowest BCUT2D eigenvalue weighted by Crippen LogP contribution is -2.32. The first-order chi connectivity index (χ1) is 12.3. The van der Waals surface area contributed by atoms with Gasteiger partial charge in [-0.2, -0.15) is 0 Å². The van der Waals surface area contributed by atoms with E-state index < -0.39 is 17.5 Å². The molecular formula is C19H21F2N3O2. The van der Waals surface area contributed by atoms with Crippen molar-refractivity contribution >= 4 is 17.5 Å². The van der Waals surface area contributed by atoms with Crippen LogP contribution in [0.25, 0.3) is 0 Å². The van der Waals surface area contributed by atoms with Crippen LogP contribution in [0.4, 0.5) is 14.5 Å². The third-order valence-corrected chi connectivity index (χ3v) is 3.78. The molecule has 0 radical (unpaired) electrons. The molecule has 2 rings (SSSR count). The number of nitrogens with one attached hydrogen (secondary N) is 1. The summed E-state index contributed by atoms with van der Waals surface area (Å²) in [5, 5.41) is 0. The van der Waals surface area contributed by atoms with Gasteiger partial charge in [0.2, 0.25) is 5.91 Å². The van der Waals surface area contributed by atoms with Gasteiger partial charge in [0.05, 0.1) is 6.54 Å². The normalized spacial score (nSPS) is 10.7. The number of carbonyl (C=O) groups is 2. The number of benzene rings is 2. The predicted molar refractivity (Wildman–Crippen MR) is 95.1 cm³/mol. The molecular weight excluding hydrogens is 340 g/mol. The van der Waals surface area contributed by atoms with E-state index in [1.807, 2.05) is 19.3 Å². The number of nitrogens with zero attached hydrogens (tertiary/aromatic N) is 1. The van der Waals surface area contributed by atoms with Gasteiger partial charge in [0.1, 0.15) is 11.6 Å². The number of anilines is 1. The highest BCUT2D eigenvalue weighted by molar-refractivity contribution is 5.94. The average Bonchev–Trinajstić information content (AvgIpc) is 2.59. The van der Waals surface area contributed by atoms with Crippen LogP contribution >= 0.6 is 0 Å². The number of hydrogen-bond donors (Lipinski definition) is 2. The molecule has 0 bridgehead atoms. The van der Waals surface area contributed by atoms with Gasteiger partial charge in [-0.25, -0.2) is 14.6 Å². The molecule has 0 heterocycles. The molecule has 0 aliphatic rings. The second-order valence-corrected chi connectivity index (χ2v) is 6.34. The summed E-state index contributed by atoms with van der Waals surface area (Å²) in [5.41, 5.74) is 2.55. The third kappa shape index (κ3) is 4.86. The van der Waals surface area contributed by atoms with E-state index in [0.717, 1.165) is 6.07 Å². The molecule has 3 N–H and O–H groups in total. The number of hydrazine groups is 1. The fourth-order valence-corrected chi connectivity index (χ4v) is 2.50. The number of nitrogen functional groups attached to an aromatic ring is 1. The third-order valence-electron chi connectivity index (χ3n) is 3.78. The van der Waals surface area contributed by atoms with Gasteiger partial charge in [0.25, 0.3) is 5.91 Å². The van der Waals surface area contributed by atoms with Crippen molar-refractivity contribution in [2.24, 2.45) is 11.8 Å². The maximum absolute atomic E-state index is 14.4. The lowest BCUT2D eigenvalue weighted by Gasteiger charge is -2.24. The molecule has 0 aromatic heterocycles. The number of hydrogen-bond acceptors (Lipinski definition) is 3. The van der Waals surface area contributed by atoms with Crippen molar-refractivity contribution in [3.05, 3.63) is 65.2 Å². The zero-order chi connectivity index (χ0) is 19.3. The highest BCUT2D eigenvalue weighted by Gasteiger charge is 2.20. The smallest absolute Gasteiger partial charge is 0.265 e. The van der Waals surface area contributed by atoms with Crippen LogP contribution in [0.2, 0.25) is 0 Å². The van der Waals surface area contributed by atoms with Gasteiger partial charge >= 0.3 is 0 Å². The zero-order valence-corrected chi connectivity index (χ0v) is 14.6. The SMILES string of the molecule is CC(C)CC(=O)N(Cc1ccc(C(=O)NN)cc1F)c1cccc(F)c1. The molecule has 0 saturated carbocycles. The maximum Gasteiger partial charge on any atom is 0.265 e. The van der Waals surface area contributed by atoms with Crippen LogP contribution in [0, 0.1) is 17.6 Å². The van der Waals surface area contributed by atoms with Crippen molar-refractivity contribution < 1.29 is 18.4 Å². The Bertz CT molecular complexity index is 809. The first-order valence-corrected chi connectivity index (χ1v) is 8.17. The first kappa shape index (κ1) is 19.5. The van der Waals surface area contributed by atoms with Gasteiger partial charge in [-0.3, -0.25) is 15.0 Å². The van der Waals surface area contributed by atoms with Gasteiger partial charge in [-0.15, -0.1) is 0 Å². The summed E-state index contributed by atoms with van der Waals surface area (Å²) in [4.78, 5) is 25.4. The number of carbonyl (C=O) groups excluding carboxylic acids is 2. The Morgan fingerprint density at radius 1 is 1.15 bits per heavy atom. The molecule has 138 valence electrons. The molecule has 0 unspecified atom stereocenters. The van der Waals surface area contributed by atoms with E-state index in [4.69, 9.17) is 5.84 Å². The van der Waals surface area contributed by atoms with E-state index in [1.165, 1.54) is 35.2 Å². The van der Waals surface area contributed by atoms with Crippen molar-refractivity contribution in [1.29, 1.82) is 0 Å². The molecule has 7 heteroatoms. The van der Waals surface area contributed by atoms with E-state index in [9.17, 15) is 18.4 Å². The monoisotopic (exact) mass is 361 g/mol. The number of halogens is 2. The van der Waals surface area contributed by atoms with Gasteiger partial charge in [0, 0.05) is 23.2 Å². The standard InChI is InChI=1S/C19H21F2N3O2/c1-12(2)8-18(25)24(16-5-3-4-15(20)10-16)11-14-7-6-13(9-17(14)21)19(26)23-22/h3-7,9-10,12H,8,11,22H2,1-2H3,(H,23,26). The quantitative estimate of drug-likeness (QED) is 0.471. The van der Waals surface area contributed by atoms with Crippen molar-refractivity contribution in [1.82, 2.24) is 5.43 Å². The fourth-order valence-electron chi connectivity index (χ4n) is 2.50. The minimum absolute atomic E-state index is 0.0690. The Kier molecular flexibility index (Phi) is 6.41. The van der Waals surface area contributed by atoms with Crippen molar-refractivity contribution in [2.75, 3.05) is 4.90 Å². The molecule has 2 aromatic carbocycles. The molecule has 0 aliphatic heterocycles. The summed E-state index contributed by atoms with van der Waals surface area (Å²) >= 11 is 0. The summed E-state index contributed by atoms with van der Waals surface area (Å²) in [5.74, 6) is 3.14. The van der Waals surface area contributed by atoms with Crippen LogP contribution in [-0.4, -0.2) is 11.8 Å². The highest BCUT2D eigenvalue weighted by Crippen LogP contribution is 2.22. The second-order valence-electron chi connectivity index (χ2n) is 6.34. The van der Waals surface area contributed by atoms with Crippen molar-refractivity contribution in [3.8, 4) is 0 Å². The Hall–Kier alpha value is -2.80. The van der Waals surface area contributed by atoms with Gasteiger partial charge in [-0.1, -0.05) is 26.0 Å². The van der Waals surface area contributed by atoms with Crippen LogP contribution < -0.4 is 16.2 Å². The van der Waals surface area contributed by atoms with E-state index in [2.05, 4.69) is 0 Å². The summed E-state index contributed by atoms with van der Waals surface area (Å²) < 4.78 is 28.0. The number of nitrogens with two attached hydrogens (primary N) is 1. The molecule has 0 fully saturated rings. The average molecular weight is 361 g/mol. The summed E-state index contributed by atoms with van der Waals surface area (Å²) in [7, 11) is 0. The Labute approximate surface area is 150 Å². The maximum atomic E-state index is 14.4. The molecule has 0 spiro atoms. The lowest BCUT2D eigenvalue weighted by atomic mass is 10.1. The largest absolute Gasteiger partial charge is 0.308 e. The minimum atomic E-state index is -0.648. The second kappa shape index (κ2) is 8.53. The highest BCUT2D eigenvalue weighted by atomic mass is 19.1. The van der Waals surface area contributed by atoms with Crippen molar-refractivity contribution in [2.45, 2.75) is 26.8 Å². The molecule has 2 aromatic rings. The topological polar surface area (TPSA) is 75.4 Å². The first-order valence-electron chi connectivity index (χ1n) is 8.17. The molecule has 26 heavy (non-hydrogen) atoms. The summed E-state index contributed by atoms with van der Waals surface area (Å²) in [6.45, 7) is 3.70.